The molecule has 5 heteroatoms. The summed E-state index contributed by atoms with van der Waals surface area (Å²) in [6, 6.07) is 16.5. The summed E-state index contributed by atoms with van der Waals surface area (Å²) in [5, 5.41) is 10.8. The molecule has 0 radical (unpaired) electrons. The van der Waals surface area contributed by atoms with E-state index in [1.807, 2.05) is 30.3 Å². The molecule has 2 aromatic rings. The van der Waals surface area contributed by atoms with E-state index < -0.39 is 4.92 Å². The number of aliphatic imine (C=N–C) groups is 1. The van der Waals surface area contributed by atoms with Gasteiger partial charge in [-0.15, -0.1) is 0 Å². The van der Waals surface area contributed by atoms with Gasteiger partial charge in [-0.1, -0.05) is 42.5 Å². The minimum Gasteiger partial charge on any atom is -0.300 e. The molecule has 0 fully saturated rings. The number of carbonyl (C=O) groups is 1. The van der Waals surface area contributed by atoms with Gasteiger partial charge in [-0.25, -0.2) is 0 Å². The lowest BCUT2D eigenvalue weighted by Crippen LogP contribution is -2.24. The fourth-order valence-corrected chi connectivity index (χ4v) is 2.96. The number of nitro benzene ring substituents is 1. The summed E-state index contributed by atoms with van der Waals surface area (Å²) >= 11 is 0. The van der Waals surface area contributed by atoms with Crippen LogP contribution in [-0.2, 0) is 11.2 Å². The largest absolute Gasteiger partial charge is 0.300 e. The zero-order chi connectivity index (χ0) is 17.2. The van der Waals surface area contributed by atoms with Crippen LogP contribution in [0, 0.1) is 10.1 Å². The third-order valence-electron chi connectivity index (χ3n) is 4.30. The first-order valence-corrected chi connectivity index (χ1v) is 7.89. The number of hydrogen-bond acceptors (Lipinski definition) is 4. The standard InChI is InChI=1S/C19H18N2O3/c1-14(22)11-12-19(18(20-19)16-5-3-2-4-6-16)13-15-7-9-17(10-8-15)21(23)24/h2-10H,11-13H2,1H3. The molecule has 3 rings (SSSR count). The Morgan fingerprint density at radius 1 is 1.12 bits per heavy atom. The Bertz CT molecular complexity index is 797. The number of carbonyl (C=O) groups excluding carboxylic acids is 1. The van der Waals surface area contributed by atoms with E-state index in [9.17, 15) is 14.9 Å². The van der Waals surface area contributed by atoms with Crippen molar-refractivity contribution in [1.29, 1.82) is 0 Å². The average molecular weight is 322 g/mol. The highest BCUT2D eigenvalue weighted by atomic mass is 16.6. The Kier molecular flexibility index (Phi) is 4.25. The van der Waals surface area contributed by atoms with Gasteiger partial charge in [0, 0.05) is 25.0 Å². The van der Waals surface area contributed by atoms with Gasteiger partial charge in [0.2, 0.25) is 0 Å². The molecule has 0 spiro atoms. The van der Waals surface area contributed by atoms with Crippen molar-refractivity contribution in [3.8, 4) is 0 Å². The van der Waals surface area contributed by atoms with Crippen molar-refractivity contribution >= 4 is 17.2 Å². The highest BCUT2D eigenvalue weighted by Gasteiger charge is 2.47. The summed E-state index contributed by atoms with van der Waals surface area (Å²) in [6.07, 6.45) is 1.80. The Balaban J connectivity index is 1.79. The zero-order valence-electron chi connectivity index (χ0n) is 13.4. The third kappa shape index (κ3) is 3.40. The molecule has 1 atom stereocenters. The fraction of sp³-hybridized carbons (Fsp3) is 0.263. The van der Waals surface area contributed by atoms with E-state index in [1.165, 1.54) is 12.1 Å². The van der Waals surface area contributed by atoms with Gasteiger partial charge in [-0.2, -0.15) is 0 Å². The maximum Gasteiger partial charge on any atom is 0.269 e. The normalized spacial score (nSPS) is 18.8. The average Bonchev–Trinajstić information content (AvgIpc) is 3.29. The number of Topliss-reactive ketones (excluding diaryl/α,β-unsaturated/α-hetero) is 1. The Hall–Kier alpha value is -2.82. The van der Waals surface area contributed by atoms with Crippen LogP contribution in [0.4, 0.5) is 5.69 Å². The van der Waals surface area contributed by atoms with Crippen LogP contribution in [0.15, 0.2) is 59.6 Å². The van der Waals surface area contributed by atoms with Crippen molar-refractivity contribution in [1.82, 2.24) is 0 Å². The zero-order valence-corrected chi connectivity index (χ0v) is 13.4. The Morgan fingerprint density at radius 2 is 1.79 bits per heavy atom. The van der Waals surface area contributed by atoms with Gasteiger partial charge in [0.1, 0.15) is 11.3 Å². The summed E-state index contributed by atoms with van der Waals surface area (Å²) in [5.74, 6) is 0.146. The number of ketones is 1. The van der Waals surface area contributed by atoms with Crippen molar-refractivity contribution in [3.63, 3.8) is 0 Å². The smallest absolute Gasteiger partial charge is 0.269 e. The lowest BCUT2D eigenvalue weighted by atomic mass is 9.86. The van der Waals surface area contributed by atoms with Gasteiger partial charge < -0.3 is 4.79 Å². The van der Waals surface area contributed by atoms with Crippen LogP contribution in [0.25, 0.3) is 0 Å². The van der Waals surface area contributed by atoms with Crippen LogP contribution < -0.4 is 0 Å². The van der Waals surface area contributed by atoms with E-state index in [4.69, 9.17) is 4.99 Å². The van der Waals surface area contributed by atoms with Gasteiger partial charge in [0.05, 0.1) is 10.6 Å². The molecule has 0 aliphatic carbocycles. The molecule has 0 aromatic heterocycles. The van der Waals surface area contributed by atoms with Crippen LogP contribution in [0.5, 0.6) is 0 Å². The first-order chi connectivity index (χ1) is 11.5. The molecule has 24 heavy (non-hydrogen) atoms. The minimum absolute atomic E-state index is 0.0801. The molecule has 2 aromatic carbocycles. The van der Waals surface area contributed by atoms with Gasteiger partial charge in [-0.05, 0) is 24.5 Å². The summed E-state index contributed by atoms with van der Waals surface area (Å²) in [6.45, 7) is 1.59. The number of nitrogens with zero attached hydrogens (tertiary/aromatic N) is 2. The molecule has 0 amide bonds. The Morgan fingerprint density at radius 3 is 2.38 bits per heavy atom. The highest BCUT2D eigenvalue weighted by molar-refractivity contribution is 6.17. The van der Waals surface area contributed by atoms with Crippen molar-refractivity contribution in [2.45, 2.75) is 31.7 Å². The van der Waals surface area contributed by atoms with E-state index in [2.05, 4.69) is 0 Å². The van der Waals surface area contributed by atoms with Crippen molar-refractivity contribution < 1.29 is 9.72 Å². The first kappa shape index (κ1) is 16.1. The van der Waals surface area contributed by atoms with Gasteiger partial charge in [0.25, 0.3) is 5.69 Å². The molecular weight excluding hydrogens is 304 g/mol. The van der Waals surface area contributed by atoms with Crippen LogP contribution >= 0.6 is 0 Å². The number of non-ortho nitro benzene ring substituents is 1. The molecule has 1 unspecified atom stereocenters. The highest BCUT2D eigenvalue weighted by Crippen LogP contribution is 2.40. The van der Waals surface area contributed by atoms with Crippen molar-refractivity contribution in [3.05, 3.63) is 75.8 Å². The molecule has 5 nitrogen and oxygen atoms in total. The van der Waals surface area contributed by atoms with Crippen LogP contribution in [-0.4, -0.2) is 22.0 Å². The minimum atomic E-state index is -0.404. The van der Waals surface area contributed by atoms with E-state index >= 15 is 0 Å². The second-order valence-corrected chi connectivity index (χ2v) is 6.16. The summed E-state index contributed by atoms with van der Waals surface area (Å²) in [7, 11) is 0. The first-order valence-electron chi connectivity index (χ1n) is 7.89. The molecule has 122 valence electrons. The maximum absolute atomic E-state index is 11.4. The lowest BCUT2D eigenvalue weighted by Gasteiger charge is -2.15. The van der Waals surface area contributed by atoms with Gasteiger partial charge in [-0.3, -0.25) is 15.1 Å². The summed E-state index contributed by atoms with van der Waals surface area (Å²) in [5.41, 5.74) is 2.80. The van der Waals surface area contributed by atoms with Crippen molar-refractivity contribution in [2.75, 3.05) is 0 Å². The second-order valence-electron chi connectivity index (χ2n) is 6.16. The van der Waals surface area contributed by atoms with E-state index in [0.717, 1.165) is 16.8 Å². The molecule has 1 heterocycles. The molecular formula is C19H18N2O3. The molecule has 1 aliphatic heterocycles. The number of nitro groups is 1. The third-order valence-corrected chi connectivity index (χ3v) is 4.30. The molecule has 0 saturated heterocycles. The van der Waals surface area contributed by atoms with Crippen molar-refractivity contribution in [2.24, 2.45) is 4.99 Å². The lowest BCUT2D eigenvalue weighted by molar-refractivity contribution is -0.384. The van der Waals surface area contributed by atoms with Crippen LogP contribution in [0.3, 0.4) is 0 Å². The molecule has 0 saturated carbocycles. The Labute approximate surface area is 140 Å². The van der Waals surface area contributed by atoms with Gasteiger partial charge >= 0.3 is 0 Å². The molecule has 0 N–H and O–H groups in total. The van der Waals surface area contributed by atoms with E-state index in [0.29, 0.717) is 19.3 Å². The molecule has 1 aliphatic rings. The number of rotatable bonds is 7. The van der Waals surface area contributed by atoms with E-state index in [1.54, 1.807) is 19.1 Å². The predicted octanol–water partition coefficient (Wildman–Crippen LogP) is 3.75. The molecule has 0 bridgehead atoms. The quantitative estimate of drug-likeness (QED) is 0.575. The van der Waals surface area contributed by atoms with Crippen LogP contribution in [0.1, 0.15) is 30.9 Å². The number of hydrogen-bond donors (Lipinski definition) is 0. The SMILES string of the molecule is CC(=O)CCC1(Cc2ccc([N+](=O)[O-])cc2)N=C1c1ccccc1. The second kappa shape index (κ2) is 6.35. The van der Waals surface area contributed by atoms with Gasteiger partial charge in [0.15, 0.2) is 0 Å². The monoisotopic (exact) mass is 322 g/mol. The summed E-state index contributed by atoms with van der Waals surface area (Å²) in [4.78, 5) is 26.5. The maximum atomic E-state index is 11.4. The topological polar surface area (TPSA) is 72.6 Å². The van der Waals surface area contributed by atoms with Crippen LogP contribution in [0.2, 0.25) is 0 Å². The summed E-state index contributed by atoms with van der Waals surface area (Å²) < 4.78 is 0. The predicted molar refractivity (Wildman–Crippen MR) is 92.4 cm³/mol. The fourth-order valence-electron chi connectivity index (χ4n) is 2.96. The van der Waals surface area contributed by atoms with E-state index in [-0.39, 0.29) is 17.0 Å². The number of benzene rings is 2.